The number of amides is 1. The Morgan fingerprint density at radius 2 is 2.00 bits per heavy atom. The molecule has 0 radical (unpaired) electrons. The van der Waals surface area contributed by atoms with Gasteiger partial charge in [-0.2, -0.15) is 10.2 Å². The van der Waals surface area contributed by atoms with Crippen molar-refractivity contribution in [2.45, 2.75) is 26.3 Å². The van der Waals surface area contributed by atoms with Gasteiger partial charge in [-0.1, -0.05) is 6.92 Å². The second kappa shape index (κ2) is 6.43. The first-order valence-electron chi connectivity index (χ1n) is 7.49. The van der Waals surface area contributed by atoms with Crippen LogP contribution in [0.5, 0.6) is 0 Å². The molecule has 0 saturated carbocycles. The summed E-state index contributed by atoms with van der Waals surface area (Å²) in [5, 5.41) is 11.2. The fourth-order valence-corrected chi connectivity index (χ4v) is 2.23. The average Bonchev–Trinajstić information content (AvgIpc) is 3.26. The summed E-state index contributed by atoms with van der Waals surface area (Å²) in [5.41, 5.74) is 1.43. The minimum absolute atomic E-state index is 0.166. The zero-order valence-corrected chi connectivity index (χ0v) is 13.0. The van der Waals surface area contributed by atoms with Gasteiger partial charge < -0.3 is 5.32 Å². The summed E-state index contributed by atoms with van der Waals surface area (Å²) in [6.45, 7) is 4.15. The molecule has 0 saturated heterocycles. The normalized spacial score (nSPS) is 12.1. The molecule has 1 atom stereocenters. The summed E-state index contributed by atoms with van der Waals surface area (Å²) in [6.07, 6.45) is 5.71. The third-order valence-corrected chi connectivity index (χ3v) is 3.73. The van der Waals surface area contributed by atoms with Crippen LogP contribution in [-0.2, 0) is 0 Å². The first-order valence-corrected chi connectivity index (χ1v) is 7.49. The largest absolute Gasteiger partial charge is 0.307 e. The van der Waals surface area contributed by atoms with E-state index in [1.54, 1.807) is 35.4 Å². The molecule has 0 aliphatic carbocycles. The molecule has 0 aliphatic heterocycles. The molecule has 1 aromatic carbocycles. The van der Waals surface area contributed by atoms with Gasteiger partial charge in [0, 0.05) is 11.6 Å². The van der Waals surface area contributed by atoms with Gasteiger partial charge in [0.2, 0.25) is 0 Å². The quantitative estimate of drug-likeness (QED) is 0.786. The van der Waals surface area contributed by atoms with Crippen LogP contribution in [0.4, 0.5) is 5.82 Å². The highest BCUT2D eigenvalue weighted by atomic mass is 16.1. The van der Waals surface area contributed by atoms with E-state index in [9.17, 15) is 4.79 Å². The van der Waals surface area contributed by atoms with Gasteiger partial charge in [-0.15, -0.1) is 0 Å². The van der Waals surface area contributed by atoms with Crippen molar-refractivity contribution in [3.8, 4) is 5.69 Å². The van der Waals surface area contributed by atoms with Gasteiger partial charge in [0.1, 0.15) is 18.5 Å². The lowest BCUT2D eigenvalue weighted by Gasteiger charge is -2.14. The lowest BCUT2D eigenvalue weighted by atomic mass is 10.2. The van der Waals surface area contributed by atoms with Crippen molar-refractivity contribution < 1.29 is 4.79 Å². The molecular weight excluding hydrogens is 292 g/mol. The second-order valence-electron chi connectivity index (χ2n) is 5.26. The van der Waals surface area contributed by atoms with Crippen molar-refractivity contribution in [3.05, 3.63) is 54.7 Å². The van der Waals surface area contributed by atoms with Crippen LogP contribution in [0.1, 0.15) is 36.7 Å². The maximum absolute atomic E-state index is 12.4. The number of benzene rings is 1. The van der Waals surface area contributed by atoms with Crippen molar-refractivity contribution >= 4 is 11.7 Å². The molecule has 3 aromatic rings. The molecule has 3 rings (SSSR count). The van der Waals surface area contributed by atoms with Crippen molar-refractivity contribution in [2.24, 2.45) is 0 Å². The number of rotatable bonds is 5. The summed E-state index contributed by atoms with van der Waals surface area (Å²) in [7, 11) is 0. The number of carbonyl (C=O) groups excluding carboxylic acids is 1. The molecule has 0 bridgehead atoms. The zero-order chi connectivity index (χ0) is 16.2. The smallest absolute Gasteiger partial charge is 0.256 e. The van der Waals surface area contributed by atoms with Crippen molar-refractivity contribution in [1.82, 2.24) is 24.5 Å². The van der Waals surface area contributed by atoms with Crippen LogP contribution in [0, 0.1) is 0 Å². The highest BCUT2D eigenvalue weighted by Gasteiger charge is 2.12. The molecular formula is C16H18N6O. The van der Waals surface area contributed by atoms with Crippen LogP contribution < -0.4 is 5.32 Å². The summed E-state index contributed by atoms with van der Waals surface area (Å²) in [6, 6.07) is 9.21. The lowest BCUT2D eigenvalue weighted by Crippen LogP contribution is -2.17. The maximum Gasteiger partial charge on any atom is 0.256 e. The van der Waals surface area contributed by atoms with Crippen LogP contribution in [0.3, 0.4) is 0 Å². The third-order valence-electron chi connectivity index (χ3n) is 3.73. The van der Waals surface area contributed by atoms with Gasteiger partial charge in [0.15, 0.2) is 0 Å². The number of hydrogen-bond acceptors (Lipinski definition) is 4. The summed E-state index contributed by atoms with van der Waals surface area (Å²) in [4.78, 5) is 16.3. The van der Waals surface area contributed by atoms with Crippen LogP contribution >= 0.6 is 0 Å². The first kappa shape index (κ1) is 15.0. The highest BCUT2D eigenvalue weighted by Crippen LogP contribution is 2.17. The molecule has 1 unspecified atom stereocenters. The molecule has 0 spiro atoms. The summed E-state index contributed by atoms with van der Waals surface area (Å²) in [5.74, 6) is 0.532. The fraction of sp³-hybridized carbons (Fsp3) is 0.250. The predicted octanol–water partition coefficient (Wildman–Crippen LogP) is 2.69. The molecule has 0 aliphatic rings. The number of anilines is 1. The van der Waals surface area contributed by atoms with Gasteiger partial charge in [-0.05, 0) is 37.6 Å². The Morgan fingerprint density at radius 3 is 2.65 bits per heavy atom. The molecule has 1 amide bonds. The number of aromatic nitrogens is 5. The predicted molar refractivity (Wildman–Crippen MR) is 86.5 cm³/mol. The van der Waals surface area contributed by atoms with Gasteiger partial charge in [-0.25, -0.2) is 14.3 Å². The molecule has 7 heteroatoms. The van der Waals surface area contributed by atoms with E-state index in [-0.39, 0.29) is 11.9 Å². The molecule has 2 aromatic heterocycles. The Hall–Kier alpha value is -2.96. The number of hydrogen-bond donors (Lipinski definition) is 1. The molecule has 7 nitrogen and oxygen atoms in total. The monoisotopic (exact) mass is 310 g/mol. The Morgan fingerprint density at radius 1 is 1.22 bits per heavy atom. The van der Waals surface area contributed by atoms with Crippen molar-refractivity contribution in [1.29, 1.82) is 0 Å². The van der Waals surface area contributed by atoms with Crippen LogP contribution in [-0.4, -0.2) is 30.5 Å². The third kappa shape index (κ3) is 3.13. The summed E-state index contributed by atoms with van der Waals surface area (Å²) >= 11 is 0. The minimum atomic E-state index is -0.166. The standard InChI is InChI=1S/C16H18N6O/c1-3-12(2)22-15(8-9-18-22)20-16(23)13-4-6-14(7-5-13)21-11-17-10-19-21/h4-12H,3H2,1-2H3,(H,20,23). The van der Waals surface area contributed by atoms with Gasteiger partial charge in [0.25, 0.3) is 5.91 Å². The van der Waals surface area contributed by atoms with E-state index >= 15 is 0 Å². The Labute approximate surface area is 134 Å². The number of nitrogens with one attached hydrogen (secondary N) is 1. The van der Waals surface area contributed by atoms with Crippen LogP contribution in [0.25, 0.3) is 5.69 Å². The topological polar surface area (TPSA) is 77.6 Å². The van der Waals surface area contributed by atoms with Gasteiger partial charge in [-0.3, -0.25) is 4.79 Å². The van der Waals surface area contributed by atoms with Gasteiger partial charge >= 0.3 is 0 Å². The van der Waals surface area contributed by atoms with Crippen LogP contribution in [0.15, 0.2) is 49.2 Å². The average molecular weight is 310 g/mol. The van der Waals surface area contributed by atoms with E-state index in [0.717, 1.165) is 12.1 Å². The molecule has 23 heavy (non-hydrogen) atoms. The molecule has 118 valence electrons. The number of nitrogens with zero attached hydrogens (tertiary/aromatic N) is 5. The van der Waals surface area contributed by atoms with Crippen molar-refractivity contribution in [2.75, 3.05) is 5.32 Å². The van der Waals surface area contributed by atoms with E-state index < -0.39 is 0 Å². The minimum Gasteiger partial charge on any atom is -0.307 e. The van der Waals surface area contributed by atoms with Crippen LogP contribution in [0.2, 0.25) is 0 Å². The van der Waals surface area contributed by atoms with E-state index in [2.05, 4.69) is 34.3 Å². The van der Waals surface area contributed by atoms with E-state index in [1.165, 1.54) is 6.33 Å². The molecule has 1 N–H and O–H groups in total. The molecule has 0 fully saturated rings. The zero-order valence-electron chi connectivity index (χ0n) is 13.0. The van der Waals surface area contributed by atoms with E-state index in [1.807, 2.05) is 16.8 Å². The lowest BCUT2D eigenvalue weighted by molar-refractivity contribution is 0.102. The van der Waals surface area contributed by atoms with Gasteiger partial charge in [0.05, 0.1) is 17.9 Å². The maximum atomic E-state index is 12.4. The summed E-state index contributed by atoms with van der Waals surface area (Å²) < 4.78 is 3.46. The number of carbonyl (C=O) groups is 1. The highest BCUT2D eigenvalue weighted by molar-refractivity contribution is 6.03. The second-order valence-corrected chi connectivity index (χ2v) is 5.26. The van der Waals surface area contributed by atoms with E-state index in [0.29, 0.717) is 11.4 Å². The Bertz CT molecular complexity index is 775. The fourth-order valence-electron chi connectivity index (χ4n) is 2.23. The Kier molecular flexibility index (Phi) is 4.18. The first-order chi connectivity index (χ1) is 11.2. The van der Waals surface area contributed by atoms with Crippen molar-refractivity contribution in [3.63, 3.8) is 0 Å². The SMILES string of the molecule is CCC(C)n1nccc1NC(=O)c1ccc(-n2cncn2)cc1. The molecule has 2 heterocycles. The Balaban J connectivity index is 1.75. The van der Waals surface area contributed by atoms with E-state index in [4.69, 9.17) is 0 Å².